The van der Waals surface area contributed by atoms with E-state index in [-0.39, 0.29) is 44.4 Å². The van der Waals surface area contributed by atoms with Crippen LogP contribution in [-0.2, 0) is 14.3 Å². The lowest BCUT2D eigenvalue weighted by Gasteiger charge is -2.14. The second-order valence-electron chi connectivity index (χ2n) is 7.51. The summed E-state index contributed by atoms with van der Waals surface area (Å²) in [5.41, 5.74) is 0.611. The van der Waals surface area contributed by atoms with E-state index in [1.807, 2.05) is 0 Å². The van der Waals surface area contributed by atoms with Crippen molar-refractivity contribution in [1.29, 1.82) is 0 Å². The molecule has 0 aromatic heterocycles. The molecular weight excluding hydrogens is 473 g/mol. The molecule has 11 heteroatoms. The summed E-state index contributed by atoms with van der Waals surface area (Å²) in [5, 5.41) is 5.56. The largest absolute Gasteiger partial charge is 0.454 e. The molecule has 1 fully saturated rings. The fourth-order valence-corrected chi connectivity index (χ4v) is 3.54. The van der Waals surface area contributed by atoms with Gasteiger partial charge in [-0.25, -0.2) is 0 Å². The molecule has 4 rings (SSSR count). The van der Waals surface area contributed by atoms with Gasteiger partial charge in [0.2, 0.25) is 0 Å². The number of hydrogen-bond acceptors (Lipinski definition) is 6. The van der Waals surface area contributed by atoms with Gasteiger partial charge in [-0.2, -0.15) is 0 Å². The van der Waals surface area contributed by atoms with E-state index in [1.54, 1.807) is 24.3 Å². The molecule has 0 saturated heterocycles. The van der Waals surface area contributed by atoms with E-state index >= 15 is 0 Å². The van der Waals surface area contributed by atoms with E-state index in [2.05, 4.69) is 10.6 Å². The van der Waals surface area contributed by atoms with E-state index in [9.17, 15) is 24.0 Å². The molecule has 33 heavy (non-hydrogen) atoms. The molecule has 2 aliphatic rings. The molecule has 2 aromatic rings. The Balaban J connectivity index is 1.33. The molecule has 0 atom stereocenters. The van der Waals surface area contributed by atoms with Gasteiger partial charge in [0, 0.05) is 6.04 Å². The molecule has 2 N–H and O–H groups in total. The highest BCUT2D eigenvalue weighted by molar-refractivity contribution is 6.43. The second-order valence-corrected chi connectivity index (χ2v) is 8.32. The summed E-state index contributed by atoms with van der Waals surface area (Å²) in [5.74, 6) is -3.39. The molecule has 1 saturated carbocycles. The van der Waals surface area contributed by atoms with Gasteiger partial charge in [-0.1, -0.05) is 35.3 Å². The number of ether oxygens (including phenoxy) is 1. The summed E-state index contributed by atoms with van der Waals surface area (Å²) < 4.78 is 4.91. The van der Waals surface area contributed by atoms with Crippen LogP contribution in [0, 0.1) is 0 Å². The molecular formula is C22H17Cl2N3O6. The van der Waals surface area contributed by atoms with E-state index in [0.29, 0.717) is 4.90 Å². The number of rotatable bonds is 7. The van der Waals surface area contributed by atoms with Gasteiger partial charge >= 0.3 is 5.97 Å². The van der Waals surface area contributed by atoms with Gasteiger partial charge in [0.25, 0.3) is 23.6 Å². The Morgan fingerprint density at radius 1 is 1.00 bits per heavy atom. The van der Waals surface area contributed by atoms with E-state index in [0.717, 1.165) is 12.8 Å². The van der Waals surface area contributed by atoms with Crippen molar-refractivity contribution in [2.24, 2.45) is 0 Å². The second kappa shape index (κ2) is 9.21. The van der Waals surface area contributed by atoms with Crippen LogP contribution in [0.1, 0.15) is 43.9 Å². The Morgan fingerprint density at radius 2 is 1.61 bits per heavy atom. The van der Waals surface area contributed by atoms with Crippen molar-refractivity contribution >= 4 is 58.5 Å². The normalized spacial score (nSPS) is 14.7. The molecule has 1 heterocycles. The SMILES string of the molecule is O=C(COC(=O)CN1C(=O)c2cc(Cl)c(Cl)cc2C1=O)Nc1ccccc1C(=O)NC1CC1. The number of imide groups is 1. The van der Waals surface area contributed by atoms with Crippen molar-refractivity contribution < 1.29 is 28.7 Å². The maximum Gasteiger partial charge on any atom is 0.326 e. The molecule has 0 bridgehead atoms. The van der Waals surface area contributed by atoms with Crippen LogP contribution in [0.4, 0.5) is 5.69 Å². The minimum atomic E-state index is -0.961. The first-order valence-corrected chi connectivity index (χ1v) is 10.7. The Labute approximate surface area is 198 Å². The number of carbonyl (C=O) groups is 5. The van der Waals surface area contributed by atoms with Crippen molar-refractivity contribution in [2.75, 3.05) is 18.5 Å². The third-order valence-corrected chi connectivity index (χ3v) is 5.74. The summed E-state index contributed by atoms with van der Waals surface area (Å²) in [6.07, 6.45) is 1.84. The number of fused-ring (bicyclic) bond motifs is 1. The van der Waals surface area contributed by atoms with Crippen molar-refractivity contribution in [3.8, 4) is 0 Å². The number of para-hydroxylation sites is 1. The molecule has 9 nitrogen and oxygen atoms in total. The van der Waals surface area contributed by atoms with Crippen LogP contribution in [-0.4, -0.2) is 53.7 Å². The number of nitrogens with one attached hydrogen (secondary N) is 2. The summed E-state index contributed by atoms with van der Waals surface area (Å²) >= 11 is 11.8. The van der Waals surface area contributed by atoms with Gasteiger partial charge in [0.1, 0.15) is 6.54 Å². The standard InChI is InChI=1S/C22H17Cl2N3O6/c23-15-7-13-14(8-16(15)24)22(32)27(21(13)31)9-19(29)33-10-18(28)26-17-4-2-1-3-12(17)20(30)25-11-5-6-11/h1-4,7-8,11H,5-6,9-10H2,(H,25,30)(H,26,28). The first-order valence-electron chi connectivity index (χ1n) is 9.95. The highest BCUT2D eigenvalue weighted by Gasteiger charge is 2.38. The monoisotopic (exact) mass is 489 g/mol. The third kappa shape index (κ3) is 4.99. The number of amides is 4. The first kappa shape index (κ1) is 22.8. The van der Waals surface area contributed by atoms with Gasteiger partial charge in [0.15, 0.2) is 6.61 Å². The minimum Gasteiger partial charge on any atom is -0.454 e. The molecule has 1 aliphatic carbocycles. The predicted molar refractivity (Wildman–Crippen MR) is 118 cm³/mol. The van der Waals surface area contributed by atoms with Crippen LogP contribution in [0.15, 0.2) is 36.4 Å². The zero-order chi connectivity index (χ0) is 23.7. The zero-order valence-corrected chi connectivity index (χ0v) is 18.5. The maximum atomic E-state index is 12.4. The number of nitrogens with zero attached hydrogens (tertiary/aromatic N) is 1. The van der Waals surface area contributed by atoms with Crippen LogP contribution in [0.25, 0.3) is 0 Å². The number of carbonyl (C=O) groups excluding carboxylic acids is 5. The zero-order valence-electron chi connectivity index (χ0n) is 17.0. The summed E-state index contributed by atoms with van der Waals surface area (Å²) in [4.78, 5) is 62.3. The van der Waals surface area contributed by atoms with Crippen molar-refractivity contribution in [1.82, 2.24) is 10.2 Å². The van der Waals surface area contributed by atoms with Crippen molar-refractivity contribution in [3.05, 3.63) is 63.1 Å². The van der Waals surface area contributed by atoms with E-state index in [1.165, 1.54) is 12.1 Å². The Morgan fingerprint density at radius 3 is 2.21 bits per heavy atom. The lowest BCUT2D eigenvalue weighted by Crippen LogP contribution is -2.36. The van der Waals surface area contributed by atoms with Crippen LogP contribution in [0.3, 0.4) is 0 Å². The van der Waals surface area contributed by atoms with Gasteiger partial charge in [-0.05, 0) is 37.1 Å². The van der Waals surface area contributed by atoms with Crippen LogP contribution >= 0.6 is 23.2 Å². The Bertz CT molecular complexity index is 1150. The lowest BCUT2D eigenvalue weighted by atomic mass is 10.1. The smallest absolute Gasteiger partial charge is 0.326 e. The predicted octanol–water partition coefficient (Wildman–Crippen LogP) is 2.66. The summed E-state index contributed by atoms with van der Waals surface area (Å²) in [6.45, 7) is -1.35. The van der Waals surface area contributed by atoms with Gasteiger partial charge in [-0.3, -0.25) is 28.9 Å². The number of halogens is 2. The Kier molecular flexibility index (Phi) is 6.35. The Hall–Kier alpha value is -3.43. The molecule has 2 aromatic carbocycles. The first-order chi connectivity index (χ1) is 15.7. The number of hydrogen-bond donors (Lipinski definition) is 2. The van der Waals surface area contributed by atoms with Crippen LogP contribution < -0.4 is 10.6 Å². The average molecular weight is 490 g/mol. The van der Waals surface area contributed by atoms with Gasteiger partial charge in [-0.15, -0.1) is 0 Å². The topological polar surface area (TPSA) is 122 Å². The number of esters is 1. The van der Waals surface area contributed by atoms with Crippen molar-refractivity contribution in [3.63, 3.8) is 0 Å². The highest BCUT2D eigenvalue weighted by atomic mass is 35.5. The van der Waals surface area contributed by atoms with Crippen molar-refractivity contribution in [2.45, 2.75) is 18.9 Å². The molecule has 170 valence electrons. The highest BCUT2D eigenvalue weighted by Crippen LogP contribution is 2.31. The van der Waals surface area contributed by atoms with Gasteiger partial charge < -0.3 is 15.4 Å². The molecule has 1 aliphatic heterocycles. The molecule has 0 unspecified atom stereocenters. The van der Waals surface area contributed by atoms with E-state index < -0.39 is 36.8 Å². The fraction of sp³-hybridized carbons (Fsp3) is 0.227. The van der Waals surface area contributed by atoms with Crippen LogP contribution in [0.5, 0.6) is 0 Å². The molecule has 0 spiro atoms. The average Bonchev–Trinajstić information content (AvgIpc) is 3.57. The quantitative estimate of drug-likeness (QED) is 0.455. The number of anilines is 1. The molecule has 4 amide bonds. The lowest BCUT2D eigenvalue weighted by molar-refractivity contribution is -0.147. The third-order valence-electron chi connectivity index (χ3n) is 5.02. The van der Waals surface area contributed by atoms with Crippen LogP contribution in [0.2, 0.25) is 10.0 Å². The number of benzene rings is 2. The molecule has 0 radical (unpaired) electrons. The van der Waals surface area contributed by atoms with Gasteiger partial charge in [0.05, 0.1) is 32.4 Å². The summed E-state index contributed by atoms with van der Waals surface area (Å²) in [6, 6.07) is 9.10. The minimum absolute atomic E-state index is 0.0287. The van der Waals surface area contributed by atoms with E-state index in [4.69, 9.17) is 27.9 Å². The summed E-state index contributed by atoms with van der Waals surface area (Å²) in [7, 11) is 0. The maximum absolute atomic E-state index is 12.4. The fourth-order valence-electron chi connectivity index (χ4n) is 3.22.